The molecule has 1 aliphatic carbocycles. The number of likely N-dealkylation sites (N-methyl/N-ethyl adjacent to an activating group) is 1. The fourth-order valence-electron chi connectivity index (χ4n) is 2.81. The Morgan fingerprint density at radius 3 is 2.47 bits per heavy atom. The molecule has 19 heavy (non-hydrogen) atoms. The van der Waals surface area contributed by atoms with Crippen molar-refractivity contribution in [3.8, 4) is 0 Å². The lowest BCUT2D eigenvalue weighted by Gasteiger charge is -2.35. The van der Waals surface area contributed by atoms with E-state index in [0.29, 0.717) is 12.8 Å². The van der Waals surface area contributed by atoms with Gasteiger partial charge in [0.25, 0.3) is 0 Å². The number of hydrogen-bond acceptors (Lipinski definition) is 4. The summed E-state index contributed by atoms with van der Waals surface area (Å²) in [7, 11) is 3.92. The van der Waals surface area contributed by atoms with E-state index < -0.39 is 5.41 Å². The zero-order valence-electron chi connectivity index (χ0n) is 12.1. The van der Waals surface area contributed by atoms with Gasteiger partial charge >= 0.3 is 0 Å². The van der Waals surface area contributed by atoms with Crippen LogP contribution >= 0.6 is 0 Å². The van der Waals surface area contributed by atoms with Crippen molar-refractivity contribution >= 4 is 11.7 Å². The average molecular weight is 270 g/mol. The molecule has 0 saturated heterocycles. The van der Waals surface area contributed by atoms with E-state index in [1.54, 1.807) is 0 Å². The number of hydrogen-bond donors (Lipinski definition) is 3. The van der Waals surface area contributed by atoms with E-state index in [1.165, 1.54) is 0 Å². The molecule has 1 fully saturated rings. The maximum absolute atomic E-state index is 12.5. The predicted molar refractivity (Wildman–Crippen MR) is 75.1 cm³/mol. The Hall–Kier alpha value is -1.30. The van der Waals surface area contributed by atoms with Gasteiger partial charge in [-0.25, -0.2) is 0 Å². The number of nitrogens with zero attached hydrogens (tertiary/aromatic N) is 2. The van der Waals surface area contributed by atoms with E-state index in [2.05, 4.69) is 10.5 Å². The van der Waals surface area contributed by atoms with Crippen LogP contribution in [0.1, 0.15) is 39.0 Å². The van der Waals surface area contributed by atoms with Gasteiger partial charge in [0.15, 0.2) is 5.84 Å². The van der Waals surface area contributed by atoms with Crippen LogP contribution in [0.15, 0.2) is 5.16 Å². The third kappa shape index (κ3) is 3.83. The summed E-state index contributed by atoms with van der Waals surface area (Å²) in [6, 6.07) is 0.0350. The van der Waals surface area contributed by atoms with Gasteiger partial charge in [-0.1, -0.05) is 24.4 Å². The van der Waals surface area contributed by atoms with E-state index in [0.717, 1.165) is 25.8 Å². The first-order valence-electron chi connectivity index (χ1n) is 6.86. The van der Waals surface area contributed by atoms with Crippen molar-refractivity contribution in [1.82, 2.24) is 10.2 Å². The Kier molecular flexibility index (Phi) is 5.60. The second kappa shape index (κ2) is 6.75. The molecule has 4 N–H and O–H groups in total. The molecule has 0 aromatic heterocycles. The van der Waals surface area contributed by atoms with Crippen LogP contribution in [0.25, 0.3) is 0 Å². The summed E-state index contributed by atoms with van der Waals surface area (Å²) in [5.41, 5.74) is 4.96. The van der Waals surface area contributed by atoms with Gasteiger partial charge in [0, 0.05) is 12.6 Å². The summed E-state index contributed by atoms with van der Waals surface area (Å²) in [4.78, 5) is 14.5. The molecule has 0 bridgehead atoms. The van der Waals surface area contributed by atoms with Crippen LogP contribution in [0.4, 0.5) is 0 Å². The molecule has 6 nitrogen and oxygen atoms in total. The number of nitrogens with one attached hydrogen (secondary N) is 1. The molecule has 1 aliphatic rings. The summed E-state index contributed by atoms with van der Waals surface area (Å²) in [6.45, 7) is 2.72. The summed E-state index contributed by atoms with van der Waals surface area (Å²) >= 11 is 0. The molecule has 0 aromatic rings. The van der Waals surface area contributed by atoms with Gasteiger partial charge in [0.05, 0.1) is 0 Å². The van der Waals surface area contributed by atoms with Crippen molar-refractivity contribution in [1.29, 1.82) is 0 Å². The van der Waals surface area contributed by atoms with Crippen molar-refractivity contribution in [2.45, 2.75) is 45.1 Å². The van der Waals surface area contributed by atoms with E-state index in [4.69, 9.17) is 10.9 Å². The minimum atomic E-state index is -0.826. The molecule has 1 atom stereocenters. The molecule has 0 heterocycles. The topological polar surface area (TPSA) is 91.0 Å². The van der Waals surface area contributed by atoms with Gasteiger partial charge in [-0.3, -0.25) is 4.79 Å². The van der Waals surface area contributed by atoms with Gasteiger partial charge in [0.2, 0.25) is 5.91 Å². The van der Waals surface area contributed by atoms with Gasteiger partial charge in [-0.15, -0.1) is 0 Å². The van der Waals surface area contributed by atoms with Crippen LogP contribution in [-0.4, -0.2) is 48.5 Å². The van der Waals surface area contributed by atoms with Gasteiger partial charge < -0.3 is 21.2 Å². The minimum Gasteiger partial charge on any atom is -0.409 e. The maximum Gasteiger partial charge on any atom is 0.234 e. The van der Waals surface area contributed by atoms with Crippen molar-refractivity contribution in [3.05, 3.63) is 0 Å². The normalized spacial score (nSPS) is 21.2. The lowest BCUT2D eigenvalue weighted by Crippen LogP contribution is -2.54. The number of oxime groups is 1. The Bertz CT molecular complexity index is 336. The summed E-state index contributed by atoms with van der Waals surface area (Å²) in [5.74, 6) is -0.0707. The second-order valence-corrected chi connectivity index (χ2v) is 5.76. The Labute approximate surface area is 115 Å². The molecular formula is C13H26N4O2. The Morgan fingerprint density at radius 1 is 1.42 bits per heavy atom. The van der Waals surface area contributed by atoms with Crippen molar-refractivity contribution in [3.63, 3.8) is 0 Å². The zero-order chi connectivity index (χ0) is 14.5. The van der Waals surface area contributed by atoms with Gasteiger partial charge in [-0.2, -0.15) is 0 Å². The molecule has 0 spiro atoms. The molecule has 1 amide bonds. The quantitative estimate of drug-likeness (QED) is 0.297. The predicted octanol–water partition coefficient (Wildman–Crippen LogP) is 0.750. The van der Waals surface area contributed by atoms with Crippen molar-refractivity contribution in [2.24, 2.45) is 16.3 Å². The van der Waals surface area contributed by atoms with E-state index >= 15 is 0 Å². The van der Waals surface area contributed by atoms with Crippen LogP contribution in [0.2, 0.25) is 0 Å². The molecule has 1 saturated carbocycles. The number of carbonyl (C=O) groups excluding carboxylic acids is 1. The largest absolute Gasteiger partial charge is 0.409 e. The molecule has 6 heteroatoms. The molecule has 110 valence electrons. The first-order chi connectivity index (χ1) is 8.92. The molecule has 0 aliphatic heterocycles. The van der Waals surface area contributed by atoms with Crippen molar-refractivity contribution in [2.75, 3.05) is 20.6 Å². The van der Waals surface area contributed by atoms with Gasteiger partial charge in [-0.05, 0) is 33.9 Å². The number of rotatable bonds is 5. The second-order valence-electron chi connectivity index (χ2n) is 5.76. The lowest BCUT2D eigenvalue weighted by atomic mass is 9.72. The van der Waals surface area contributed by atoms with E-state index in [1.807, 2.05) is 25.9 Å². The van der Waals surface area contributed by atoms with Crippen LogP contribution in [0, 0.1) is 5.41 Å². The van der Waals surface area contributed by atoms with Crippen molar-refractivity contribution < 1.29 is 10.0 Å². The average Bonchev–Trinajstić information content (AvgIpc) is 2.37. The van der Waals surface area contributed by atoms with Crippen LogP contribution in [0.3, 0.4) is 0 Å². The highest BCUT2D eigenvalue weighted by Gasteiger charge is 2.44. The molecular weight excluding hydrogens is 244 g/mol. The zero-order valence-corrected chi connectivity index (χ0v) is 12.1. The number of amides is 1. The highest BCUT2D eigenvalue weighted by Crippen LogP contribution is 2.36. The third-order valence-electron chi connectivity index (χ3n) is 3.76. The van der Waals surface area contributed by atoms with Gasteiger partial charge in [0.1, 0.15) is 5.41 Å². The van der Waals surface area contributed by atoms with Crippen LogP contribution in [-0.2, 0) is 4.79 Å². The molecule has 0 aromatic carbocycles. The first-order valence-corrected chi connectivity index (χ1v) is 6.86. The third-order valence-corrected chi connectivity index (χ3v) is 3.76. The van der Waals surface area contributed by atoms with Crippen LogP contribution < -0.4 is 11.1 Å². The smallest absolute Gasteiger partial charge is 0.234 e. The number of carbonyl (C=O) groups is 1. The first kappa shape index (κ1) is 15.8. The minimum absolute atomic E-state index is 0.0350. The number of amidine groups is 1. The molecule has 0 radical (unpaired) electrons. The molecule has 1 rings (SSSR count). The Morgan fingerprint density at radius 2 is 2.00 bits per heavy atom. The monoisotopic (exact) mass is 270 g/mol. The molecule has 1 unspecified atom stereocenters. The number of nitrogens with two attached hydrogens (primary N) is 1. The Balaban J connectivity index is 2.78. The van der Waals surface area contributed by atoms with Crippen LogP contribution in [0.5, 0.6) is 0 Å². The maximum atomic E-state index is 12.5. The van der Waals surface area contributed by atoms with E-state index in [-0.39, 0.29) is 17.8 Å². The highest BCUT2D eigenvalue weighted by molar-refractivity contribution is 6.06. The SMILES string of the molecule is CC(CN(C)C)NC(=O)C1(C(N)=NO)CCCCC1. The summed E-state index contributed by atoms with van der Waals surface area (Å²) in [6.07, 6.45) is 4.28. The van der Waals surface area contributed by atoms with E-state index in [9.17, 15) is 4.79 Å². The fourth-order valence-corrected chi connectivity index (χ4v) is 2.81. The summed E-state index contributed by atoms with van der Waals surface area (Å²) in [5, 5.41) is 15.0. The highest BCUT2D eigenvalue weighted by atomic mass is 16.4. The standard InChI is InChI=1S/C13H26N4O2/c1-10(9-17(2)3)15-12(18)13(11(14)16-19)7-5-4-6-8-13/h10,19H,4-9H2,1-3H3,(H2,14,16)(H,15,18). The fraction of sp³-hybridized carbons (Fsp3) is 0.846. The summed E-state index contributed by atoms with van der Waals surface area (Å²) < 4.78 is 0. The lowest BCUT2D eigenvalue weighted by molar-refractivity contribution is -0.129.